The summed E-state index contributed by atoms with van der Waals surface area (Å²) in [5.41, 5.74) is 1.32. The fourth-order valence-electron chi connectivity index (χ4n) is 2.98. The van der Waals surface area contributed by atoms with Gasteiger partial charge in [-0.05, 0) is 56.5 Å². The second kappa shape index (κ2) is 6.80. The van der Waals surface area contributed by atoms with E-state index in [1.807, 2.05) is 12.1 Å². The predicted octanol–water partition coefficient (Wildman–Crippen LogP) is 2.91. The summed E-state index contributed by atoms with van der Waals surface area (Å²) in [6, 6.07) is 9.04. The number of nitrogens with one attached hydrogen (secondary N) is 1. The maximum Gasteiger partial charge on any atom is 0.119 e. The van der Waals surface area contributed by atoms with Gasteiger partial charge in [-0.15, -0.1) is 0 Å². The maximum atomic E-state index is 5.21. The summed E-state index contributed by atoms with van der Waals surface area (Å²) < 4.78 is 5.21. The predicted molar refractivity (Wildman–Crippen MR) is 81.1 cm³/mol. The minimum absolute atomic E-state index is 0.630. The van der Waals surface area contributed by atoms with Crippen LogP contribution in [0.25, 0.3) is 0 Å². The first-order valence-corrected chi connectivity index (χ1v) is 7.35. The van der Waals surface area contributed by atoms with Crippen molar-refractivity contribution in [2.24, 2.45) is 5.92 Å². The molecule has 0 spiro atoms. The molecule has 19 heavy (non-hydrogen) atoms. The molecular formula is C16H26N2O. The summed E-state index contributed by atoms with van der Waals surface area (Å²) in [5.74, 6) is 1.75. The molecule has 0 saturated carbocycles. The van der Waals surface area contributed by atoms with Gasteiger partial charge in [-0.3, -0.25) is 0 Å². The summed E-state index contributed by atoms with van der Waals surface area (Å²) >= 11 is 0. The Labute approximate surface area is 116 Å². The number of anilines is 1. The van der Waals surface area contributed by atoms with E-state index in [4.69, 9.17) is 4.74 Å². The molecule has 3 heteroatoms. The highest BCUT2D eigenvalue weighted by molar-refractivity contribution is 5.49. The van der Waals surface area contributed by atoms with Gasteiger partial charge in [0.1, 0.15) is 5.75 Å². The summed E-state index contributed by atoms with van der Waals surface area (Å²) in [6.07, 6.45) is 2.59. The summed E-state index contributed by atoms with van der Waals surface area (Å²) in [6.45, 7) is 7.89. The van der Waals surface area contributed by atoms with E-state index in [-0.39, 0.29) is 0 Å². The van der Waals surface area contributed by atoms with E-state index in [1.54, 1.807) is 7.11 Å². The van der Waals surface area contributed by atoms with E-state index in [9.17, 15) is 0 Å². The van der Waals surface area contributed by atoms with Crippen molar-refractivity contribution in [2.75, 3.05) is 31.6 Å². The molecule has 2 rings (SSSR count). The Kier molecular flexibility index (Phi) is 5.08. The molecule has 1 aromatic rings. The van der Waals surface area contributed by atoms with Crippen molar-refractivity contribution in [3.05, 3.63) is 24.3 Å². The van der Waals surface area contributed by atoms with Gasteiger partial charge in [0.2, 0.25) is 0 Å². The molecule has 0 amide bonds. The average molecular weight is 262 g/mol. The van der Waals surface area contributed by atoms with Crippen LogP contribution in [-0.2, 0) is 0 Å². The largest absolute Gasteiger partial charge is 0.497 e. The van der Waals surface area contributed by atoms with Crippen molar-refractivity contribution >= 4 is 5.69 Å². The van der Waals surface area contributed by atoms with E-state index >= 15 is 0 Å². The second-order valence-electron chi connectivity index (χ2n) is 5.49. The lowest BCUT2D eigenvalue weighted by molar-refractivity contribution is 0.415. The van der Waals surface area contributed by atoms with Crippen LogP contribution in [0.4, 0.5) is 5.69 Å². The number of methoxy groups -OCH3 is 1. The highest BCUT2D eigenvalue weighted by Gasteiger charge is 2.23. The van der Waals surface area contributed by atoms with Crippen LogP contribution in [0.3, 0.4) is 0 Å². The van der Waals surface area contributed by atoms with Gasteiger partial charge >= 0.3 is 0 Å². The van der Waals surface area contributed by atoms with E-state index in [0.29, 0.717) is 6.04 Å². The van der Waals surface area contributed by atoms with E-state index in [2.05, 4.69) is 36.2 Å². The van der Waals surface area contributed by atoms with Crippen molar-refractivity contribution in [2.45, 2.75) is 32.7 Å². The first kappa shape index (κ1) is 14.2. The SMILES string of the molecule is CCNC(C)CC1CCN(c2ccc(OC)cc2)C1. The van der Waals surface area contributed by atoms with Crippen LogP contribution in [0.1, 0.15) is 26.7 Å². The molecule has 0 aliphatic carbocycles. The third-order valence-electron chi connectivity index (χ3n) is 3.96. The molecule has 0 bridgehead atoms. The molecule has 1 aliphatic heterocycles. The molecule has 1 N–H and O–H groups in total. The number of ether oxygens (including phenoxy) is 1. The van der Waals surface area contributed by atoms with Crippen LogP contribution in [0, 0.1) is 5.92 Å². The first-order valence-electron chi connectivity index (χ1n) is 7.35. The zero-order chi connectivity index (χ0) is 13.7. The molecule has 2 atom stereocenters. The van der Waals surface area contributed by atoms with Crippen molar-refractivity contribution in [3.8, 4) is 5.75 Å². The van der Waals surface area contributed by atoms with Gasteiger partial charge in [-0.25, -0.2) is 0 Å². The molecule has 0 radical (unpaired) electrons. The Morgan fingerprint density at radius 2 is 2.11 bits per heavy atom. The van der Waals surface area contributed by atoms with Gasteiger partial charge in [-0.2, -0.15) is 0 Å². The number of hydrogen-bond acceptors (Lipinski definition) is 3. The van der Waals surface area contributed by atoms with E-state index in [0.717, 1.165) is 18.2 Å². The normalized spacial score (nSPS) is 20.6. The van der Waals surface area contributed by atoms with Gasteiger partial charge in [0, 0.05) is 24.8 Å². The number of hydrogen-bond donors (Lipinski definition) is 1. The van der Waals surface area contributed by atoms with Gasteiger partial charge < -0.3 is 15.0 Å². The van der Waals surface area contributed by atoms with Crippen LogP contribution in [0.2, 0.25) is 0 Å². The Balaban J connectivity index is 1.86. The average Bonchev–Trinajstić information content (AvgIpc) is 2.87. The van der Waals surface area contributed by atoms with Crippen molar-refractivity contribution in [1.82, 2.24) is 5.32 Å². The third kappa shape index (κ3) is 3.87. The number of nitrogens with zero attached hydrogens (tertiary/aromatic N) is 1. The van der Waals surface area contributed by atoms with E-state index < -0.39 is 0 Å². The summed E-state index contributed by atoms with van der Waals surface area (Å²) in [7, 11) is 1.71. The van der Waals surface area contributed by atoms with Crippen LogP contribution in [0.15, 0.2) is 24.3 Å². The Morgan fingerprint density at radius 3 is 2.74 bits per heavy atom. The van der Waals surface area contributed by atoms with Gasteiger partial charge in [0.05, 0.1) is 7.11 Å². The Hall–Kier alpha value is -1.22. The smallest absolute Gasteiger partial charge is 0.119 e. The second-order valence-corrected chi connectivity index (χ2v) is 5.49. The lowest BCUT2D eigenvalue weighted by Crippen LogP contribution is -2.29. The van der Waals surface area contributed by atoms with Crippen LogP contribution < -0.4 is 15.0 Å². The quantitative estimate of drug-likeness (QED) is 0.853. The zero-order valence-electron chi connectivity index (χ0n) is 12.4. The van der Waals surface area contributed by atoms with Gasteiger partial charge in [0.15, 0.2) is 0 Å². The zero-order valence-corrected chi connectivity index (χ0v) is 12.4. The highest BCUT2D eigenvalue weighted by Crippen LogP contribution is 2.27. The van der Waals surface area contributed by atoms with Gasteiger partial charge in [-0.1, -0.05) is 6.92 Å². The minimum Gasteiger partial charge on any atom is -0.497 e. The topological polar surface area (TPSA) is 24.5 Å². The number of benzene rings is 1. The van der Waals surface area contributed by atoms with E-state index in [1.165, 1.54) is 31.6 Å². The standard InChI is InChI=1S/C16H26N2O/c1-4-17-13(2)11-14-9-10-18(12-14)15-5-7-16(19-3)8-6-15/h5-8,13-14,17H,4,9-12H2,1-3H3. The monoisotopic (exact) mass is 262 g/mol. The van der Waals surface area contributed by atoms with Crippen molar-refractivity contribution < 1.29 is 4.74 Å². The van der Waals surface area contributed by atoms with Crippen molar-refractivity contribution in [3.63, 3.8) is 0 Å². The first-order chi connectivity index (χ1) is 9.22. The summed E-state index contributed by atoms with van der Waals surface area (Å²) in [5, 5.41) is 3.51. The van der Waals surface area contributed by atoms with Crippen molar-refractivity contribution in [1.29, 1.82) is 0 Å². The molecular weight excluding hydrogens is 236 g/mol. The Bertz CT molecular complexity index is 377. The fraction of sp³-hybridized carbons (Fsp3) is 0.625. The minimum atomic E-state index is 0.630. The number of rotatable bonds is 6. The van der Waals surface area contributed by atoms with Crippen LogP contribution in [-0.4, -0.2) is 32.8 Å². The third-order valence-corrected chi connectivity index (χ3v) is 3.96. The Morgan fingerprint density at radius 1 is 1.37 bits per heavy atom. The lowest BCUT2D eigenvalue weighted by Gasteiger charge is -2.20. The van der Waals surface area contributed by atoms with Crippen LogP contribution >= 0.6 is 0 Å². The molecule has 3 nitrogen and oxygen atoms in total. The molecule has 1 fully saturated rings. The molecule has 1 saturated heterocycles. The maximum absolute atomic E-state index is 5.21. The molecule has 2 unspecified atom stereocenters. The molecule has 1 heterocycles. The lowest BCUT2D eigenvalue weighted by atomic mass is 10.0. The van der Waals surface area contributed by atoms with Crippen LogP contribution in [0.5, 0.6) is 5.75 Å². The highest BCUT2D eigenvalue weighted by atomic mass is 16.5. The molecule has 1 aliphatic rings. The fourth-order valence-corrected chi connectivity index (χ4v) is 2.98. The molecule has 1 aromatic carbocycles. The molecule has 106 valence electrons. The molecule has 0 aromatic heterocycles. The summed E-state index contributed by atoms with van der Waals surface area (Å²) in [4.78, 5) is 2.49. The van der Waals surface area contributed by atoms with Gasteiger partial charge in [0.25, 0.3) is 0 Å².